The van der Waals surface area contributed by atoms with E-state index in [9.17, 15) is 0 Å². The second-order valence-electron chi connectivity index (χ2n) is 6.27. The van der Waals surface area contributed by atoms with Crippen LogP contribution >= 0.6 is 11.6 Å². The number of halogens is 1. The van der Waals surface area contributed by atoms with Crippen molar-refractivity contribution in [1.29, 1.82) is 0 Å². The Morgan fingerprint density at radius 3 is 2.71 bits per heavy atom. The number of rotatable bonds is 5. The van der Waals surface area contributed by atoms with Gasteiger partial charge in [0.15, 0.2) is 0 Å². The zero-order valence-electron chi connectivity index (χ0n) is 13.0. The number of hydrogen-bond acceptors (Lipinski definition) is 3. The van der Waals surface area contributed by atoms with Crippen molar-refractivity contribution in [2.24, 2.45) is 5.41 Å². The average molecular weight is 310 g/mol. The van der Waals surface area contributed by atoms with Gasteiger partial charge in [0.1, 0.15) is 5.75 Å². The Morgan fingerprint density at radius 2 is 2.14 bits per heavy atom. The number of nitrogens with one attached hydrogen (secondary N) is 1. The van der Waals surface area contributed by atoms with Gasteiger partial charge in [0.2, 0.25) is 0 Å². The normalized spacial score (nSPS) is 26.1. The van der Waals surface area contributed by atoms with Crippen LogP contribution < -0.4 is 10.1 Å². The van der Waals surface area contributed by atoms with Crippen LogP contribution in [0.2, 0.25) is 5.02 Å². The van der Waals surface area contributed by atoms with E-state index in [1.54, 1.807) is 7.11 Å². The Bertz CT molecular complexity index is 528. The summed E-state index contributed by atoms with van der Waals surface area (Å²) >= 11 is 6.18. The number of benzene rings is 1. The number of anilines is 1. The summed E-state index contributed by atoms with van der Waals surface area (Å²) in [7, 11) is 1.69. The Labute approximate surface area is 132 Å². The van der Waals surface area contributed by atoms with Gasteiger partial charge in [-0.05, 0) is 44.7 Å². The standard InChI is InChI=1S/C17H24ClNO2/c1-4-21-16-10-15(17(16)6-5-7-17)19-13-8-11(2)12(18)9-14(13)20-3/h8-9,15-16,19H,4-7,10H2,1-3H3. The predicted molar refractivity (Wildman–Crippen MR) is 86.5 cm³/mol. The van der Waals surface area contributed by atoms with Crippen molar-refractivity contribution in [3.05, 3.63) is 22.7 Å². The molecule has 0 amide bonds. The molecule has 0 saturated heterocycles. The van der Waals surface area contributed by atoms with Crippen LogP contribution in [-0.4, -0.2) is 25.9 Å². The molecule has 21 heavy (non-hydrogen) atoms. The summed E-state index contributed by atoms with van der Waals surface area (Å²) in [6.45, 7) is 4.91. The molecular formula is C17H24ClNO2. The first-order valence-corrected chi connectivity index (χ1v) is 8.21. The highest BCUT2D eigenvalue weighted by Gasteiger charge is 2.59. The summed E-state index contributed by atoms with van der Waals surface area (Å²) < 4.78 is 11.4. The topological polar surface area (TPSA) is 30.5 Å². The van der Waals surface area contributed by atoms with Crippen LogP contribution in [0.4, 0.5) is 5.69 Å². The molecule has 2 aliphatic carbocycles. The molecule has 0 bridgehead atoms. The zero-order chi connectivity index (χ0) is 15.0. The number of aryl methyl sites for hydroxylation is 1. The second-order valence-corrected chi connectivity index (χ2v) is 6.67. The summed E-state index contributed by atoms with van der Waals surface area (Å²) in [4.78, 5) is 0. The van der Waals surface area contributed by atoms with Crippen LogP contribution in [0, 0.1) is 12.3 Å². The van der Waals surface area contributed by atoms with Crippen LogP contribution in [0.15, 0.2) is 12.1 Å². The van der Waals surface area contributed by atoms with E-state index in [1.165, 1.54) is 19.3 Å². The lowest BCUT2D eigenvalue weighted by Gasteiger charge is -2.61. The smallest absolute Gasteiger partial charge is 0.143 e. The van der Waals surface area contributed by atoms with Crippen molar-refractivity contribution >= 4 is 17.3 Å². The van der Waals surface area contributed by atoms with Gasteiger partial charge in [-0.2, -0.15) is 0 Å². The molecule has 2 aliphatic rings. The molecule has 2 fully saturated rings. The third-order valence-corrected chi connectivity index (χ3v) is 5.65. The molecule has 116 valence electrons. The molecule has 1 aromatic carbocycles. The molecule has 1 spiro atoms. The van der Waals surface area contributed by atoms with Gasteiger partial charge < -0.3 is 14.8 Å². The van der Waals surface area contributed by atoms with E-state index in [1.807, 2.05) is 13.0 Å². The van der Waals surface area contributed by atoms with Crippen molar-refractivity contribution in [3.8, 4) is 5.75 Å². The first-order chi connectivity index (χ1) is 10.1. The maximum absolute atomic E-state index is 6.18. The van der Waals surface area contributed by atoms with Crippen molar-refractivity contribution in [2.45, 2.75) is 51.7 Å². The first-order valence-electron chi connectivity index (χ1n) is 7.83. The van der Waals surface area contributed by atoms with Gasteiger partial charge in [0, 0.05) is 29.2 Å². The van der Waals surface area contributed by atoms with E-state index in [0.29, 0.717) is 17.6 Å². The molecule has 1 N–H and O–H groups in total. The van der Waals surface area contributed by atoms with Gasteiger partial charge in [-0.15, -0.1) is 0 Å². The fourth-order valence-electron chi connectivity index (χ4n) is 3.77. The third kappa shape index (κ3) is 2.40. The summed E-state index contributed by atoms with van der Waals surface area (Å²) in [5.74, 6) is 0.819. The van der Waals surface area contributed by atoms with Crippen LogP contribution in [0.25, 0.3) is 0 Å². The Balaban J connectivity index is 1.77. The van der Waals surface area contributed by atoms with Crippen LogP contribution in [0.1, 0.15) is 38.2 Å². The van der Waals surface area contributed by atoms with Gasteiger partial charge in [0.25, 0.3) is 0 Å². The molecular weight excluding hydrogens is 286 g/mol. The lowest BCUT2D eigenvalue weighted by molar-refractivity contribution is -0.157. The number of ether oxygens (including phenoxy) is 2. The quantitative estimate of drug-likeness (QED) is 0.873. The molecule has 0 radical (unpaired) electrons. The van der Waals surface area contributed by atoms with Gasteiger partial charge in [-0.1, -0.05) is 18.0 Å². The highest BCUT2D eigenvalue weighted by Crippen LogP contribution is 2.58. The lowest BCUT2D eigenvalue weighted by atomic mass is 9.51. The van der Waals surface area contributed by atoms with Crippen molar-refractivity contribution in [3.63, 3.8) is 0 Å². The maximum Gasteiger partial charge on any atom is 0.143 e. The number of methoxy groups -OCH3 is 1. The largest absolute Gasteiger partial charge is 0.495 e. The summed E-state index contributed by atoms with van der Waals surface area (Å²) in [6, 6.07) is 4.46. The van der Waals surface area contributed by atoms with Crippen molar-refractivity contribution in [2.75, 3.05) is 19.0 Å². The zero-order valence-corrected chi connectivity index (χ0v) is 13.8. The average Bonchev–Trinajstić information content (AvgIpc) is 2.39. The van der Waals surface area contributed by atoms with Gasteiger partial charge in [-0.3, -0.25) is 0 Å². The molecule has 3 nitrogen and oxygen atoms in total. The predicted octanol–water partition coefficient (Wildman–Crippen LogP) is 4.42. The molecule has 2 saturated carbocycles. The molecule has 0 heterocycles. The van der Waals surface area contributed by atoms with Crippen molar-refractivity contribution in [1.82, 2.24) is 0 Å². The summed E-state index contributed by atoms with van der Waals surface area (Å²) in [5.41, 5.74) is 2.46. The van der Waals surface area contributed by atoms with E-state index in [4.69, 9.17) is 21.1 Å². The monoisotopic (exact) mass is 309 g/mol. The molecule has 2 unspecified atom stereocenters. The Morgan fingerprint density at radius 1 is 1.38 bits per heavy atom. The first kappa shape index (κ1) is 15.0. The van der Waals surface area contributed by atoms with E-state index in [0.717, 1.165) is 35.1 Å². The molecule has 0 aliphatic heterocycles. The van der Waals surface area contributed by atoms with Crippen LogP contribution in [-0.2, 0) is 4.74 Å². The SMILES string of the molecule is CCOC1CC(Nc2cc(C)c(Cl)cc2OC)C12CCC2. The maximum atomic E-state index is 6.18. The van der Waals surface area contributed by atoms with Crippen molar-refractivity contribution < 1.29 is 9.47 Å². The molecule has 2 atom stereocenters. The Kier molecular flexibility index (Phi) is 4.06. The highest BCUT2D eigenvalue weighted by molar-refractivity contribution is 6.31. The minimum Gasteiger partial charge on any atom is -0.495 e. The summed E-state index contributed by atoms with van der Waals surface area (Å²) in [5, 5.41) is 4.43. The third-order valence-electron chi connectivity index (χ3n) is 5.25. The van der Waals surface area contributed by atoms with Gasteiger partial charge in [-0.25, -0.2) is 0 Å². The number of hydrogen-bond donors (Lipinski definition) is 1. The lowest BCUT2D eigenvalue weighted by Crippen LogP contribution is -2.64. The highest BCUT2D eigenvalue weighted by atomic mass is 35.5. The fraction of sp³-hybridized carbons (Fsp3) is 0.647. The van der Waals surface area contributed by atoms with Gasteiger partial charge >= 0.3 is 0 Å². The fourth-order valence-corrected chi connectivity index (χ4v) is 3.93. The molecule has 1 aromatic rings. The van der Waals surface area contributed by atoms with Crippen LogP contribution in [0.5, 0.6) is 5.75 Å². The Hall–Kier alpha value is -0.930. The van der Waals surface area contributed by atoms with Gasteiger partial charge in [0.05, 0.1) is 18.9 Å². The minimum atomic E-state index is 0.342. The van der Waals surface area contributed by atoms with E-state index in [2.05, 4.69) is 18.3 Å². The molecule has 0 aromatic heterocycles. The van der Waals surface area contributed by atoms with Crippen LogP contribution in [0.3, 0.4) is 0 Å². The minimum absolute atomic E-state index is 0.342. The van der Waals surface area contributed by atoms with E-state index < -0.39 is 0 Å². The molecule has 3 rings (SSSR count). The van der Waals surface area contributed by atoms with E-state index in [-0.39, 0.29) is 0 Å². The second kappa shape index (κ2) is 5.69. The molecule has 4 heteroatoms. The van der Waals surface area contributed by atoms with E-state index >= 15 is 0 Å². The summed E-state index contributed by atoms with van der Waals surface area (Å²) in [6.07, 6.45) is 5.36.